The number of nitrogens with zero attached hydrogens (tertiary/aromatic N) is 2. The van der Waals surface area contributed by atoms with E-state index < -0.39 is 0 Å². The van der Waals surface area contributed by atoms with Gasteiger partial charge in [-0.3, -0.25) is 4.68 Å². The van der Waals surface area contributed by atoms with Crippen molar-refractivity contribution in [1.29, 1.82) is 0 Å². The molecule has 0 bridgehead atoms. The second-order valence-corrected chi connectivity index (χ2v) is 3.44. The normalized spacial score (nSPS) is 10.4. The third-order valence-corrected chi connectivity index (χ3v) is 2.26. The maximum atomic E-state index is 5.84. The van der Waals surface area contributed by atoms with Gasteiger partial charge in [0.2, 0.25) is 0 Å². The van der Waals surface area contributed by atoms with Crippen LogP contribution in [0.15, 0.2) is 30.5 Å². The van der Waals surface area contributed by atoms with Crippen LogP contribution in [-0.2, 0) is 7.05 Å². The molecule has 1 heterocycles. The van der Waals surface area contributed by atoms with E-state index in [1.165, 1.54) is 5.56 Å². The molecular weight excluding hydrogens is 174 g/mol. The van der Waals surface area contributed by atoms with Gasteiger partial charge in [-0.05, 0) is 13.0 Å². The smallest absolute Gasteiger partial charge is 0.0908 e. The summed E-state index contributed by atoms with van der Waals surface area (Å²) in [5.74, 6) is 0. The van der Waals surface area contributed by atoms with Crippen LogP contribution in [0.5, 0.6) is 0 Å². The van der Waals surface area contributed by atoms with Crippen molar-refractivity contribution < 1.29 is 0 Å². The first-order valence-corrected chi connectivity index (χ1v) is 4.53. The summed E-state index contributed by atoms with van der Waals surface area (Å²) in [6.07, 6.45) is 1.68. The monoisotopic (exact) mass is 187 g/mol. The van der Waals surface area contributed by atoms with Crippen molar-refractivity contribution in [3.05, 3.63) is 36.0 Å². The molecule has 0 saturated heterocycles. The van der Waals surface area contributed by atoms with Gasteiger partial charge in [-0.25, -0.2) is 0 Å². The van der Waals surface area contributed by atoms with E-state index in [-0.39, 0.29) is 0 Å². The maximum absolute atomic E-state index is 5.84. The lowest BCUT2D eigenvalue weighted by Gasteiger charge is -2.04. The van der Waals surface area contributed by atoms with Crippen LogP contribution in [0, 0.1) is 6.92 Å². The van der Waals surface area contributed by atoms with E-state index in [1.54, 1.807) is 10.9 Å². The van der Waals surface area contributed by atoms with Crippen LogP contribution in [-0.4, -0.2) is 9.78 Å². The quantitative estimate of drug-likeness (QED) is 0.741. The highest BCUT2D eigenvalue weighted by Gasteiger charge is 2.07. The number of aromatic nitrogens is 2. The van der Waals surface area contributed by atoms with Crippen LogP contribution in [0.2, 0.25) is 0 Å². The fourth-order valence-electron chi connectivity index (χ4n) is 1.60. The average Bonchev–Trinajstić information content (AvgIpc) is 2.46. The third kappa shape index (κ3) is 1.37. The van der Waals surface area contributed by atoms with Gasteiger partial charge in [0.1, 0.15) is 0 Å². The van der Waals surface area contributed by atoms with Gasteiger partial charge in [-0.15, -0.1) is 0 Å². The van der Waals surface area contributed by atoms with Crippen LogP contribution in [0.3, 0.4) is 0 Å². The van der Waals surface area contributed by atoms with E-state index in [2.05, 4.69) is 24.2 Å². The SMILES string of the molecule is Cc1cccc(-c2c(N)cnn2C)c1. The third-order valence-electron chi connectivity index (χ3n) is 2.26. The minimum Gasteiger partial charge on any atom is -0.396 e. The molecule has 1 aromatic carbocycles. The highest BCUT2D eigenvalue weighted by Crippen LogP contribution is 2.25. The molecule has 0 aliphatic carbocycles. The van der Waals surface area contributed by atoms with Gasteiger partial charge in [-0.2, -0.15) is 5.10 Å². The number of rotatable bonds is 1. The van der Waals surface area contributed by atoms with Gasteiger partial charge >= 0.3 is 0 Å². The van der Waals surface area contributed by atoms with Crippen LogP contribution in [0.4, 0.5) is 5.69 Å². The number of hydrogen-bond acceptors (Lipinski definition) is 2. The topological polar surface area (TPSA) is 43.8 Å². The fraction of sp³-hybridized carbons (Fsp3) is 0.182. The molecular formula is C11H13N3. The number of hydrogen-bond donors (Lipinski definition) is 1. The maximum Gasteiger partial charge on any atom is 0.0908 e. The summed E-state index contributed by atoms with van der Waals surface area (Å²) in [5, 5.41) is 4.11. The molecule has 2 N–H and O–H groups in total. The molecule has 14 heavy (non-hydrogen) atoms. The molecule has 0 spiro atoms. The summed E-state index contributed by atoms with van der Waals surface area (Å²) >= 11 is 0. The van der Waals surface area contributed by atoms with Crippen LogP contribution in [0.1, 0.15) is 5.56 Å². The molecule has 0 radical (unpaired) electrons. The summed E-state index contributed by atoms with van der Waals surface area (Å²) in [6.45, 7) is 2.07. The van der Waals surface area contributed by atoms with Crippen LogP contribution >= 0.6 is 0 Å². The summed E-state index contributed by atoms with van der Waals surface area (Å²) < 4.78 is 1.80. The van der Waals surface area contributed by atoms with Gasteiger partial charge in [0.15, 0.2) is 0 Å². The van der Waals surface area contributed by atoms with Crippen molar-refractivity contribution in [2.45, 2.75) is 6.92 Å². The lowest BCUT2D eigenvalue weighted by Crippen LogP contribution is -1.95. The second kappa shape index (κ2) is 3.18. The van der Waals surface area contributed by atoms with E-state index in [9.17, 15) is 0 Å². The first-order chi connectivity index (χ1) is 6.68. The fourth-order valence-corrected chi connectivity index (χ4v) is 1.60. The zero-order valence-electron chi connectivity index (χ0n) is 8.36. The Morgan fingerprint density at radius 2 is 2.14 bits per heavy atom. The van der Waals surface area contributed by atoms with Crippen LogP contribution < -0.4 is 5.73 Å². The van der Waals surface area contributed by atoms with Crippen molar-refractivity contribution >= 4 is 5.69 Å². The van der Waals surface area contributed by atoms with E-state index in [0.717, 1.165) is 16.9 Å². The largest absolute Gasteiger partial charge is 0.396 e. The molecule has 0 aliphatic heterocycles. The van der Waals surface area contributed by atoms with Crippen molar-refractivity contribution in [1.82, 2.24) is 9.78 Å². The predicted molar refractivity (Wildman–Crippen MR) is 57.8 cm³/mol. The highest BCUT2D eigenvalue weighted by molar-refractivity contribution is 5.72. The number of nitrogen functional groups attached to an aromatic ring is 1. The predicted octanol–water partition coefficient (Wildman–Crippen LogP) is 1.98. The molecule has 0 fully saturated rings. The number of anilines is 1. The van der Waals surface area contributed by atoms with Crippen molar-refractivity contribution in [3.63, 3.8) is 0 Å². The first kappa shape index (κ1) is 8.81. The highest BCUT2D eigenvalue weighted by atomic mass is 15.3. The molecule has 2 aromatic rings. The van der Waals surface area contributed by atoms with Gasteiger partial charge in [-0.1, -0.05) is 23.8 Å². The van der Waals surface area contributed by atoms with E-state index in [4.69, 9.17) is 5.73 Å². The van der Waals surface area contributed by atoms with Gasteiger partial charge in [0, 0.05) is 12.6 Å². The molecule has 0 atom stereocenters. The van der Waals surface area contributed by atoms with Crippen molar-refractivity contribution in [2.24, 2.45) is 7.05 Å². The van der Waals surface area contributed by atoms with Crippen molar-refractivity contribution in [2.75, 3.05) is 5.73 Å². The lowest BCUT2D eigenvalue weighted by atomic mass is 10.1. The Bertz CT molecular complexity index is 438. The molecule has 0 aliphatic rings. The molecule has 1 aromatic heterocycles. The van der Waals surface area contributed by atoms with E-state index in [1.807, 2.05) is 19.2 Å². The Morgan fingerprint density at radius 3 is 2.71 bits per heavy atom. The number of benzene rings is 1. The molecule has 0 unspecified atom stereocenters. The minimum absolute atomic E-state index is 0.720. The Hall–Kier alpha value is -1.77. The Morgan fingerprint density at radius 1 is 1.36 bits per heavy atom. The zero-order chi connectivity index (χ0) is 10.1. The summed E-state index contributed by atoms with van der Waals surface area (Å²) in [4.78, 5) is 0. The van der Waals surface area contributed by atoms with Crippen LogP contribution in [0.25, 0.3) is 11.3 Å². The van der Waals surface area contributed by atoms with Crippen molar-refractivity contribution in [3.8, 4) is 11.3 Å². The Labute approximate surface area is 83.2 Å². The summed E-state index contributed by atoms with van der Waals surface area (Å²) in [7, 11) is 1.90. The molecule has 2 rings (SSSR count). The lowest BCUT2D eigenvalue weighted by molar-refractivity contribution is 0.776. The molecule has 0 amide bonds. The van der Waals surface area contributed by atoms with Gasteiger partial charge < -0.3 is 5.73 Å². The minimum atomic E-state index is 0.720. The molecule has 72 valence electrons. The van der Waals surface area contributed by atoms with Gasteiger partial charge in [0.25, 0.3) is 0 Å². The van der Waals surface area contributed by atoms with E-state index in [0.29, 0.717) is 0 Å². The number of nitrogens with two attached hydrogens (primary N) is 1. The summed E-state index contributed by atoms with van der Waals surface area (Å²) in [5.41, 5.74) is 9.88. The Kier molecular flexibility index (Phi) is 2.00. The molecule has 3 nitrogen and oxygen atoms in total. The first-order valence-electron chi connectivity index (χ1n) is 4.53. The summed E-state index contributed by atoms with van der Waals surface area (Å²) in [6, 6.07) is 8.24. The van der Waals surface area contributed by atoms with Gasteiger partial charge in [0.05, 0.1) is 17.6 Å². The van der Waals surface area contributed by atoms with E-state index >= 15 is 0 Å². The zero-order valence-corrected chi connectivity index (χ0v) is 8.36. The molecule has 3 heteroatoms. The number of aryl methyl sites for hydroxylation is 2. The Balaban J connectivity index is 2.59. The standard InChI is InChI=1S/C11H13N3/c1-8-4-3-5-9(6-8)11-10(12)7-13-14(11)2/h3-7H,12H2,1-2H3. The average molecular weight is 187 g/mol. The second-order valence-electron chi connectivity index (χ2n) is 3.44. The molecule has 0 saturated carbocycles.